The number of hydrogen-bond acceptors (Lipinski definition) is 8. The van der Waals surface area contributed by atoms with E-state index < -0.39 is 47.4 Å². The largest absolute Gasteiger partial charge is 0.370 e. The van der Waals surface area contributed by atoms with Crippen molar-refractivity contribution in [1.29, 1.82) is 0 Å². The van der Waals surface area contributed by atoms with E-state index in [0.29, 0.717) is 32.2 Å². The van der Waals surface area contributed by atoms with Gasteiger partial charge < -0.3 is 38.5 Å². The number of nitrogens with two attached hydrogens (primary N) is 3. The first-order chi connectivity index (χ1) is 18.0. The lowest BCUT2D eigenvalue weighted by Crippen LogP contribution is -2.70. The fourth-order valence-electron chi connectivity index (χ4n) is 5.18. The summed E-state index contributed by atoms with van der Waals surface area (Å²) in [7, 11) is 0. The molecule has 0 bridgehead atoms. The van der Waals surface area contributed by atoms with Crippen LogP contribution in [-0.4, -0.2) is 95.7 Å². The van der Waals surface area contributed by atoms with Gasteiger partial charge in [0.05, 0.1) is 17.6 Å². The van der Waals surface area contributed by atoms with Crippen molar-refractivity contribution in [2.24, 2.45) is 22.2 Å². The number of carbonyl (C=O) groups excluding carboxylic acids is 5. The molecule has 4 amide bonds. The Labute approximate surface area is 222 Å². The molecule has 0 radical (unpaired) electrons. The molecule has 1 saturated carbocycles. The number of amides is 4. The third kappa shape index (κ3) is 6.78. The average Bonchev–Trinajstić information content (AvgIpc) is 3.67. The zero-order valence-electron chi connectivity index (χ0n) is 22.1. The van der Waals surface area contributed by atoms with Crippen LogP contribution in [0.25, 0.3) is 0 Å². The Kier molecular flexibility index (Phi) is 9.66. The lowest BCUT2D eigenvalue weighted by Gasteiger charge is -2.43. The van der Waals surface area contributed by atoms with E-state index in [4.69, 9.17) is 17.2 Å². The molecule has 14 heteroatoms. The highest BCUT2D eigenvalue weighted by atomic mass is 16.2. The van der Waals surface area contributed by atoms with Crippen molar-refractivity contribution >= 4 is 35.4 Å². The van der Waals surface area contributed by atoms with Crippen LogP contribution in [0.5, 0.6) is 0 Å². The van der Waals surface area contributed by atoms with Crippen LogP contribution in [0.2, 0.25) is 0 Å². The zero-order valence-corrected chi connectivity index (χ0v) is 22.1. The summed E-state index contributed by atoms with van der Waals surface area (Å²) in [5.41, 5.74) is 15.1. The molecule has 2 saturated heterocycles. The quantitative estimate of drug-likeness (QED) is 0.0721. The number of hydrogen-bond donors (Lipinski definition) is 7. The number of unbranched alkanes of at least 4 members (excludes halogenated alkanes) is 1. The van der Waals surface area contributed by atoms with Gasteiger partial charge in [-0.2, -0.15) is 0 Å². The average molecular weight is 536 g/mol. The van der Waals surface area contributed by atoms with Gasteiger partial charge in [-0.25, -0.2) is 0 Å². The van der Waals surface area contributed by atoms with Crippen molar-refractivity contribution in [3.63, 3.8) is 0 Å². The van der Waals surface area contributed by atoms with E-state index in [1.807, 2.05) is 0 Å². The van der Waals surface area contributed by atoms with Crippen LogP contribution >= 0.6 is 0 Å². The monoisotopic (exact) mass is 535 g/mol. The Hall–Kier alpha value is -3.26. The maximum Gasteiger partial charge on any atom is 0.244 e. The number of nitrogens with one attached hydrogen (secondary N) is 4. The van der Waals surface area contributed by atoms with E-state index in [2.05, 4.69) is 33.2 Å². The van der Waals surface area contributed by atoms with Crippen molar-refractivity contribution in [2.75, 3.05) is 19.6 Å². The second-order valence-electron chi connectivity index (χ2n) is 10.4. The van der Waals surface area contributed by atoms with Crippen molar-refractivity contribution in [3.05, 3.63) is 0 Å². The second kappa shape index (κ2) is 12.5. The summed E-state index contributed by atoms with van der Waals surface area (Å²) in [5.74, 6) is -2.13. The molecule has 0 aromatic carbocycles. The van der Waals surface area contributed by atoms with E-state index in [-0.39, 0.29) is 43.2 Å². The van der Waals surface area contributed by atoms with E-state index >= 15 is 0 Å². The van der Waals surface area contributed by atoms with Crippen molar-refractivity contribution in [1.82, 2.24) is 26.2 Å². The van der Waals surface area contributed by atoms with E-state index in [1.54, 1.807) is 11.8 Å². The van der Waals surface area contributed by atoms with Crippen molar-refractivity contribution in [3.8, 4) is 0 Å². The number of nitrogens with zero attached hydrogens (tertiary/aromatic N) is 2. The molecule has 3 rings (SSSR count). The van der Waals surface area contributed by atoms with Crippen LogP contribution in [0.1, 0.15) is 58.8 Å². The minimum Gasteiger partial charge on any atom is -0.370 e. The smallest absolute Gasteiger partial charge is 0.244 e. The zero-order chi connectivity index (χ0) is 28.0. The molecule has 1 aliphatic carbocycles. The van der Waals surface area contributed by atoms with Gasteiger partial charge in [0.1, 0.15) is 18.1 Å². The molecule has 10 N–H and O–H groups in total. The van der Waals surface area contributed by atoms with Gasteiger partial charge in [-0.3, -0.25) is 33.9 Å². The minimum atomic E-state index is -0.985. The number of ketones is 1. The first-order valence-electron chi connectivity index (χ1n) is 13.3. The molecule has 0 aromatic rings. The van der Waals surface area contributed by atoms with Gasteiger partial charge >= 0.3 is 0 Å². The van der Waals surface area contributed by atoms with Gasteiger partial charge in [-0.05, 0) is 39.0 Å². The standard InChI is InChI=1S/C24H41N9O5/c1-3-4-6-15-21(37)31-16(11-29-15)18(34)24(8-9-24)33-12-17(32-20(36)13(33)2)22(38)30-14(19(25)35)7-5-10-28-23(26)27/h13-17,29H,3-12H2,1-2H3,(H2,25,35)(H,30,38)(H,31,37)(H,32,36)(H4,26,27,28)/t13-,14-,15-,16+,17+/m0/s1. The van der Waals surface area contributed by atoms with Gasteiger partial charge in [0, 0.05) is 19.6 Å². The van der Waals surface area contributed by atoms with Crippen LogP contribution in [-0.2, 0) is 24.0 Å². The minimum absolute atomic E-state index is 0.0766. The predicted octanol–water partition coefficient (Wildman–Crippen LogP) is -3.05. The van der Waals surface area contributed by atoms with Crippen LogP contribution in [0.15, 0.2) is 4.99 Å². The topological polar surface area (TPSA) is 227 Å². The Morgan fingerprint density at radius 2 is 1.79 bits per heavy atom. The summed E-state index contributed by atoms with van der Waals surface area (Å²) >= 11 is 0. The summed E-state index contributed by atoms with van der Waals surface area (Å²) in [6.45, 7) is 4.40. The lowest BCUT2D eigenvalue weighted by atomic mass is 9.94. The SMILES string of the molecule is CCCC[C@@H]1NC[C@H](C(=O)C2(N3C[C@H](C(=O)N[C@@H](CCCN=C(N)N)C(N)=O)NC(=O)[C@@H]3C)CC2)NC1=O. The molecule has 0 unspecified atom stereocenters. The molecule has 5 atom stereocenters. The molecule has 3 aliphatic rings. The van der Waals surface area contributed by atoms with E-state index in [0.717, 1.165) is 12.8 Å². The summed E-state index contributed by atoms with van der Waals surface area (Å²) in [4.78, 5) is 69.6. The third-order valence-corrected chi connectivity index (χ3v) is 7.56. The first-order valence-corrected chi connectivity index (χ1v) is 13.3. The van der Waals surface area contributed by atoms with Gasteiger partial charge in [0.15, 0.2) is 11.7 Å². The predicted molar refractivity (Wildman–Crippen MR) is 139 cm³/mol. The lowest BCUT2D eigenvalue weighted by molar-refractivity contribution is -0.144. The van der Waals surface area contributed by atoms with E-state index in [9.17, 15) is 24.0 Å². The highest BCUT2D eigenvalue weighted by Crippen LogP contribution is 2.45. The number of piperazine rings is 2. The molecular weight excluding hydrogens is 494 g/mol. The first kappa shape index (κ1) is 29.3. The second-order valence-corrected chi connectivity index (χ2v) is 10.4. The summed E-state index contributed by atoms with van der Waals surface area (Å²) in [6, 6.07) is -3.64. The number of guanidine groups is 1. The highest BCUT2D eigenvalue weighted by molar-refractivity contribution is 6.01. The number of rotatable bonds is 13. The Bertz CT molecular complexity index is 963. The summed E-state index contributed by atoms with van der Waals surface area (Å²) in [5, 5.41) is 11.3. The van der Waals surface area contributed by atoms with E-state index in [1.165, 1.54) is 0 Å². The van der Waals surface area contributed by atoms with Crippen LogP contribution in [0.4, 0.5) is 0 Å². The Balaban J connectivity index is 1.65. The van der Waals surface area contributed by atoms with Crippen molar-refractivity contribution in [2.45, 2.75) is 94.5 Å². The maximum absolute atomic E-state index is 13.6. The summed E-state index contributed by atoms with van der Waals surface area (Å²) in [6.07, 6.45) is 4.26. The Morgan fingerprint density at radius 1 is 1.11 bits per heavy atom. The maximum atomic E-state index is 13.6. The molecule has 14 nitrogen and oxygen atoms in total. The van der Waals surface area contributed by atoms with Crippen LogP contribution < -0.4 is 38.5 Å². The number of primary amides is 1. The molecule has 38 heavy (non-hydrogen) atoms. The normalized spacial score (nSPS) is 27.4. The molecular formula is C24H41N9O5. The van der Waals surface area contributed by atoms with Crippen LogP contribution in [0.3, 0.4) is 0 Å². The van der Waals surface area contributed by atoms with Crippen molar-refractivity contribution < 1.29 is 24.0 Å². The number of Topliss-reactive ketones (excluding diaryl/α,β-unsaturated/α-hetero) is 1. The fraction of sp³-hybridized carbons (Fsp3) is 0.750. The highest BCUT2D eigenvalue weighted by Gasteiger charge is 2.60. The molecule has 3 fully saturated rings. The number of carbonyl (C=O) groups is 5. The molecule has 0 spiro atoms. The number of aliphatic imine (C=N–C) groups is 1. The van der Waals surface area contributed by atoms with Gasteiger partial charge in [0.25, 0.3) is 0 Å². The summed E-state index contributed by atoms with van der Waals surface area (Å²) < 4.78 is 0. The Morgan fingerprint density at radius 3 is 2.37 bits per heavy atom. The van der Waals surface area contributed by atoms with Gasteiger partial charge in [0.2, 0.25) is 23.6 Å². The molecule has 0 aromatic heterocycles. The molecule has 212 valence electrons. The third-order valence-electron chi connectivity index (χ3n) is 7.56. The van der Waals surface area contributed by atoms with Crippen LogP contribution in [0, 0.1) is 0 Å². The van der Waals surface area contributed by atoms with Gasteiger partial charge in [-0.15, -0.1) is 0 Å². The fourth-order valence-corrected chi connectivity index (χ4v) is 5.18. The van der Waals surface area contributed by atoms with Gasteiger partial charge in [-0.1, -0.05) is 19.8 Å². The molecule has 2 heterocycles. The molecule has 2 aliphatic heterocycles.